The van der Waals surface area contributed by atoms with Crippen LogP contribution in [0.5, 0.6) is 5.75 Å². The normalized spacial score (nSPS) is 26.4. The molecule has 1 saturated heterocycles. The summed E-state index contributed by atoms with van der Waals surface area (Å²) in [6, 6.07) is 6.92. The van der Waals surface area contributed by atoms with E-state index in [2.05, 4.69) is 10.2 Å². The van der Waals surface area contributed by atoms with Crippen LogP contribution in [0.25, 0.3) is 0 Å². The summed E-state index contributed by atoms with van der Waals surface area (Å²) < 4.78 is 36.0. The van der Waals surface area contributed by atoms with E-state index in [0.717, 1.165) is 6.20 Å². The number of aliphatic hydroxyl groups is 2. The fraction of sp³-hybridized carbons (Fsp3) is 0.524. The van der Waals surface area contributed by atoms with Crippen molar-refractivity contribution in [1.82, 2.24) is 19.9 Å². The van der Waals surface area contributed by atoms with E-state index in [9.17, 15) is 29.2 Å². The van der Waals surface area contributed by atoms with E-state index in [1.807, 2.05) is 4.98 Å². The highest BCUT2D eigenvalue weighted by molar-refractivity contribution is 7.52. The number of nitrogens with one attached hydrogen (secondary N) is 2. The van der Waals surface area contributed by atoms with Crippen molar-refractivity contribution in [2.24, 2.45) is 0 Å². The van der Waals surface area contributed by atoms with Gasteiger partial charge in [-0.15, -0.1) is 0 Å². The van der Waals surface area contributed by atoms with Gasteiger partial charge in [0.2, 0.25) is 0 Å². The number of aromatic nitrogens is 3. The average molecular weight is 528 g/mol. The SMILES string of the molecule is CC(C)OC(=O)[C@H](C)NP(=O)(OCC1O[C@@H](n2ncc(=O)[nH]c2=O)[C@](C)(O)[C@H]1O)Oc1ccccc1. The van der Waals surface area contributed by atoms with Gasteiger partial charge in [0.25, 0.3) is 5.56 Å². The lowest BCUT2D eigenvalue weighted by Gasteiger charge is -2.26. The van der Waals surface area contributed by atoms with E-state index in [1.165, 1.54) is 26.0 Å². The number of H-pyrrole nitrogens is 1. The van der Waals surface area contributed by atoms with Crippen molar-refractivity contribution in [3.8, 4) is 5.75 Å². The number of carbonyl (C=O) groups is 1. The highest BCUT2D eigenvalue weighted by Gasteiger charge is 2.54. The highest BCUT2D eigenvalue weighted by atomic mass is 31.2. The lowest BCUT2D eigenvalue weighted by molar-refractivity contribution is -0.149. The van der Waals surface area contributed by atoms with E-state index >= 15 is 0 Å². The summed E-state index contributed by atoms with van der Waals surface area (Å²) in [5, 5.41) is 27.6. The van der Waals surface area contributed by atoms with Crippen LogP contribution < -0.4 is 20.9 Å². The minimum absolute atomic E-state index is 0.166. The molecule has 0 saturated carbocycles. The molecule has 3 rings (SSSR count). The van der Waals surface area contributed by atoms with Crippen LogP contribution in [0, 0.1) is 0 Å². The first-order valence-electron chi connectivity index (χ1n) is 11.0. The highest BCUT2D eigenvalue weighted by Crippen LogP contribution is 2.46. The van der Waals surface area contributed by atoms with Crippen LogP contribution in [0.3, 0.4) is 0 Å². The van der Waals surface area contributed by atoms with Gasteiger partial charge in [0.1, 0.15) is 35.8 Å². The predicted octanol–water partition coefficient (Wildman–Crippen LogP) is 0.0743. The Hall–Kier alpha value is -2.87. The van der Waals surface area contributed by atoms with Gasteiger partial charge >= 0.3 is 19.4 Å². The zero-order valence-corrected chi connectivity index (χ0v) is 21.0. The summed E-state index contributed by atoms with van der Waals surface area (Å²) in [6.07, 6.45) is -4.05. The fourth-order valence-electron chi connectivity index (χ4n) is 3.37. The maximum atomic E-state index is 13.6. The number of ether oxygens (including phenoxy) is 2. The molecule has 0 spiro atoms. The van der Waals surface area contributed by atoms with Crippen molar-refractivity contribution in [1.29, 1.82) is 0 Å². The molecule has 198 valence electrons. The van der Waals surface area contributed by atoms with Crippen molar-refractivity contribution in [3.63, 3.8) is 0 Å². The predicted molar refractivity (Wildman–Crippen MR) is 124 cm³/mol. The maximum absolute atomic E-state index is 13.6. The zero-order valence-electron chi connectivity index (χ0n) is 20.1. The molecule has 1 aliphatic heterocycles. The molecule has 2 aromatic rings. The van der Waals surface area contributed by atoms with Gasteiger partial charge in [0.15, 0.2) is 6.23 Å². The summed E-state index contributed by atoms with van der Waals surface area (Å²) in [6.45, 7) is 5.33. The van der Waals surface area contributed by atoms with Crippen molar-refractivity contribution in [2.45, 2.75) is 63.9 Å². The van der Waals surface area contributed by atoms with Crippen molar-refractivity contribution in [2.75, 3.05) is 6.61 Å². The molecule has 36 heavy (non-hydrogen) atoms. The summed E-state index contributed by atoms with van der Waals surface area (Å²) in [4.78, 5) is 37.7. The Bertz CT molecular complexity index is 1210. The monoisotopic (exact) mass is 528 g/mol. The first kappa shape index (κ1) is 27.7. The zero-order chi connectivity index (χ0) is 26.7. The second-order valence-electron chi connectivity index (χ2n) is 8.62. The third-order valence-corrected chi connectivity index (χ3v) is 6.79. The molecule has 15 heteroatoms. The van der Waals surface area contributed by atoms with E-state index in [1.54, 1.807) is 32.0 Å². The van der Waals surface area contributed by atoms with Crippen LogP contribution in [0.1, 0.15) is 33.9 Å². The first-order valence-corrected chi connectivity index (χ1v) is 12.6. The Labute approximate surface area is 205 Å². The largest absolute Gasteiger partial charge is 0.462 e. The molecular formula is C21H29N4O10P. The van der Waals surface area contributed by atoms with E-state index in [-0.39, 0.29) is 5.75 Å². The summed E-state index contributed by atoms with van der Waals surface area (Å²) >= 11 is 0. The maximum Gasteiger partial charge on any atom is 0.459 e. The van der Waals surface area contributed by atoms with Crippen molar-refractivity contribution in [3.05, 3.63) is 57.4 Å². The van der Waals surface area contributed by atoms with Crippen LogP contribution in [-0.4, -0.2) is 67.5 Å². The number of rotatable bonds is 10. The van der Waals surface area contributed by atoms with Gasteiger partial charge in [0, 0.05) is 0 Å². The Morgan fingerprint density at radius 1 is 1.31 bits per heavy atom. The molecule has 2 unspecified atom stereocenters. The summed E-state index contributed by atoms with van der Waals surface area (Å²) in [5.74, 6) is -0.534. The average Bonchev–Trinajstić information content (AvgIpc) is 3.01. The number of carbonyl (C=O) groups excluding carboxylic acids is 1. The molecule has 4 N–H and O–H groups in total. The van der Waals surface area contributed by atoms with E-state index < -0.39 is 67.8 Å². The number of nitrogens with zero attached hydrogens (tertiary/aromatic N) is 2. The number of hydrogen-bond donors (Lipinski definition) is 4. The van der Waals surface area contributed by atoms with Crippen LogP contribution in [0.15, 0.2) is 46.1 Å². The van der Waals surface area contributed by atoms with Gasteiger partial charge in [-0.1, -0.05) is 18.2 Å². The Kier molecular flexibility index (Phi) is 8.49. The Morgan fingerprint density at radius 2 is 1.97 bits per heavy atom. The number of esters is 1. The van der Waals surface area contributed by atoms with Crippen LogP contribution >= 0.6 is 7.75 Å². The Balaban J connectivity index is 1.80. The molecule has 14 nitrogen and oxygen atoms in total. The van der Waals surface area contributed by atoms with Crippen molar-refractivity contribution < 1.29 is 38.1 Å². The number of hydrogen-bond acceptors (Lipinski definition) is 11. The quantitative estimate of drug-likeness (QED) is 0.240. The van der Waals surface area contributed by atoms with E-state index in [0.29, 0.717) is 4.68 Å². The molecule has 1 aromatic heterocycles. The van der Waals surface area contributed by atoms with Crippen molar-refractivity contribution >= 4 is 13.7 Å². The van der Waals surface area contributed by atoms with Gasteiger partial charge < -0.3 is 24.2 Å². The number of aromatic amines is 1. The molecule has 0 bridgehead atoms. The molecule has 6 atom stereocenters. The summed E-state index contributed by atoms with van der Waals surface area (Å²) in [5.41, 5.74) is -3.78. The minimum atomic E-state index is -4.28. The lowest BCUT2D eigenvalue weighted by Crippen LogP contribution is -2.47. The first-order chi connectivity index (χ1) is 16.8. The third-order valence-electron chi connectivity index (χ3n) is 5.15. The van der Waals surface area contributed by atoms with Gasteiger partial charge in [-0.25, -0.2) is 9.36 Å². The Morgan fingerprint density at radius 3 is 2.58 bits per heavy atom. The van der Waals surface area contributed by atoms with Gasteiger partial charge in [-0.3, -0.25) is 19.1 Å². The molecule has 0 aliphatic carbocycles. The van der Waals surface area contributed by atoms with Gasteiger partial charge in [-0.05, 0) is 39.8 Å². The smallest absolute Gasteiger partial charge is 0.459 e. The molecule has 1 fully saturated rings. The third kappa shape index (κ3) is 6.46. The van der Waals surface area contributed by atoms with Crippen LogP contribution in [-0.2, 0) is 23.4 Å². The topological polar surface area (TPSA) is 191 Å². The molecule has 1 aliphatic rings. The number of aliphatic hydroxyl groups excluding tert-OH is 1. The number of para-hydroxylation sites is 1. The molecular weight excluding hydrogens is 499 g/mol. The van der Waals surface area contributed by atoms with Gasteiger partial charge in [0.05, 0.1) is 12.7 Å². The van der Waals surface area contributed by atoms with Crippen LogP contribution in [0.2, 0.25) is 0 Å². The standard InChI is InChI=1S/C21H29N4O10P/c1-12(2)33-18(28)13(3)24-36(31,35-14-8-6-5-7-9-14)32-11-15-17(27)21(4,30)19(34-15)25-20(29)23-16(26)10-22-25/h5-10,12-13,15,17,19,27,30H,11H2,1-4H3,(H,24,31)(H,23,26,29)/t13-,15?,17-,19+,21+,36?/m0/s1. The second kappa shape index (κ2) is 11.0. The summed E-state index contributed by atoms with van der Waals surface area (Å²) in [7, 11) is -4.28. The minimum Gasteiger partial charge on any atom is -0.462 e. The molecule has 1 aromatic carbocycles. The molecule has 0 radical (unpaired) electrons. The number of benzene rings is 1. The molecule has 0 amide bonds. The van der Waals surface area contributed by atoms with E-state index in [4.69, 9.17) is 18.5 Å². The van der Waals surface area contributed by atoms with Crippen LogP contribution in [0.4, 0.5) is 0 Å². The lowest BCUT2D eigenvalue weighted by atomic mass is 9.97. The second-order valence-corrected chi connectivity index (χ2v) is 10.3. The van der Waals surface area contributed by atoms with Gasteiger partial charge in [-0.2, -0.15) is 14.9 Å². The fourth-order valence-corrected chi connectivity index (χ4v) is 4.87. The molecule has 2 heterocycles.